The van der Waals surface area contributed by atoms with Crippen LogP contribution < -0.4 is 16.0 Å². The van der Waals surface area contributed by atoms with E-state index < -0.39 is 34.6 Å². The summed E-state index contributed by atoms with van der Waals surface area (Å²) < 4.78 is 15.1. The molecular weight excluding hydrogens is 481 g/mol. The summed E-state index contributed by atoms with van der Waals surface area (Å²) in [4.78, 5) is 46.2. The van der Waals surface area contributed by atoms with Gasteiger partial charge in [-0.1, -0.05) is 17.8 Å². The number of thioether (sulfide) groups is 1. The van der Waals surface area contributed by atoms with E-state index in [0.29, 0.717) is 16.7 Å². The van der Waals surface area contributed by atoms with Crippen LogP contribution >= 0.6 is 11.8 Å². The summed E-state index contributed by atoms with van der Waals surface area (Å²) in [6.07, 6.45) is 0.222. The SMILES string of the molecule is O=C1CC(Cc2nnc(SCC(=O)Nc3cccc([N+](=O)[O-])c3)n2-c2ccc(F)cc2)NC(=O)N1. The number of aromatic nitrogens is 3. The predicted molar refractivity (Wildman–Crippen MR) is 123 cm³/mol. The normalized spacial score (nSPS) is 15.3. The lowest BCUT2D eigenvalue weighted by Gasteiger charge is -2.23. The van der Waals surface area contributed by atoms with E-state index in [1.165, 1.54) is 48.5 Å². The Labute approximate surface area is 201 Å². The number of hydrogen-bond acceptors (Lipinski definition) is 8. The van der Waals surface area contributed by atoms with Crippen LogP contribution in [0.4, 0.5) is 20.6 Å². The van der Waals surface area contributed by atoms with Crippen LogP contribution in [0.2, 0.25) is 0 Å². The molecule has 1 aromatic heterocycles. The van der Waals surface area contributed by atoms with Crippen LogP contribution in [0.5, 0.6) is 0 Å². The number of nitrogens with zero attached hydrogens (tertiary/aromatic N) is 4. The first kappa shape index (κ1) is 23.8. The van der Waals surface area contributed by atoms with Crippen molar-refractivity contribution in [1.82, 2.24) is 25.4 Å². The molecule has 1 atom stereocenters. The van der Waals surface area contributed by atoms with Gasteiger partial charge in [0.15, 0.2) is 5.16 Å². The first-order chi connectivity index (χ1) is 16.8. The molecule has 3 N–H and O–H groups in total. The van der Waals surface area contributed by atoms with E-state index in [-0.39, 0.29) is 30.0 Å². The Balaban J connectivity index is 1.52. The molecule has 4 amide bonds. The summed E-state index contributed by atoms with van der Waals surface area (Å²) in [5.41, 5.74) is 0.649. The number of benzene rings is 2. The molecule has 0 aliphatic carbocycles. The lowest BCUT2D eigenvalue weighted by Crippen LogP contribution is -2.53. The Bertz CT molecular complexity index is 1280. The molecule has 35 heavy (non-hydrogen) atoms. The maximum Gasteiger partial charge on any atom is 0.321 e. The van der Waals surface area contributed by atoms with Gasteiger partial charge in [0.1, 0.15) is 11.6 Å². The molecule has 2 aromatic carbocycles. The lowest BCUT2D eigenvalue weighted by molar-refractivity contribution is -0.384. The average molecular weight is 499 g/mol. The van der Waals surface area contributed by atoms with E-state index in [4.69, 9.17) is 0 Å². The maximum absolute atomic E-state index is 13.5. The fourth-order valence-corrected chi connectivity index (χ4v) is 4.19. The highest BCUT2D eigenvalue weighted by molar-refractivity contribution is 7.99. The zero-order valence-electron chi connectivity index (χ0n) is 17.9. The third-order valence-electron chi connectivity index (χ3n) is 4.91. The third kappa shape index (κ3) is 5.97. The van der Waals surface area contributed by atoms with Crippen molar-refractivity contribution in [3.05, 3.63) is 70.3 Å². The van der Waals surface area contributed by atoms with Gasteiger partial charge in [-0.25, -0.2) is 9.18 Å². The van der Waals surface area contributed by atoms with Gasteiger partial charge in [0.2, 0.25) is 11.8 Å². The summed E-state index contributed by atoms with van der Waals surface area (Å²) in [6.45, 7) is 0. The molecule has 3 aromatic rings. The Kier molecular flexibility index (Phi) is 7.01. The van der Waals surface area contributed by atoms with Crippen LogP contribution in [0.3, 0.4) is 0 Å². The van der Waals surface area contributed by atoms with Crippen LogP contribution in [0.15, 0.2) is 53.7 Å². The number of rotatable bonds is 8. The largest absolute Gasteiger partial charge is 0.334 e. The van der Waals surface area contributed by atoms with Gasteiger partial charge in [0.25, 0.3) is 5.69 Å². The van der Waals surface area contributed by atoms with Gasteiger partial charge >= 0.3 is 6.03 Å². The van der Waals surface area contributed by atoms with Gasteiger partial charge in [-0.05, 0) is 30.3 Å². The quantitative estimate of drug-likeness (QED) is 0.241. The molecule has 0 radical (unpaired) electrons. The standard InChI is InChI=1S/C21H18FN7O5S/c22-12-4-6-15(7-5-12)28-17(9-14-10-18(30)25-20(32)24-14)26-27-21(28)35-11-19(31)23-13-2-1-3-16(8-13)29(33)34/h1-8,14H,9-11H2,(H,23,31)(H2,24,25,30,32). The van der Waals surface area contributed by atoms with Gasteiger partial charge in [-0.3, -0.25) is 29.6 Å². The van der Waals surface area contributed by atoms with Gasteiger partial charge in [0, 0.05) is 42.4 Å². The molecule has 14 heteroatoms. The fraction of sp³-hybridized carbons (Fsp3) is 0.190. The van der Waals surface area contributed by atoms with Gasteiger partial charge < -0.3 is 10.6 Å². The van der Waals surface area contributed by atoms with Crippen LogP contribution in [0, 0.1) is 15.9 Å². The number of nitro groups is 1. The predicted octanol–water partition coefficient (Wildman–Crippen LogP) is 2.19. The number of nitro benzene ring substituents is 1. The molecule has 0 spiro atoms. The number of carbonyl (C=O) groups is 3. The van der Waals surface area contributed by atoms with E-state index in [1.54, 1.807) is 4.57 Å². The van der Waals surface area contributed by atoms with Gasteiger partial charge in [-0.15, -0.1) is 10.2 Å². The maximum atomic E-state index is 13.5. The number of hydrogen-bond donors (Lipinski definition) is 3. The summed E-state index contributed by atoms with van der Waals surface area (Å²) in [5.74, 6) is -0.978. The minimum Gasteiger partial charge on any atom is -0.334 e. The van der Waals surface area contributed by atoms with Crippen LogP contribution in [0.1, 0.15) is 12.2 Å². The van der Waals surface area contributed by atoms with Crippen molar-refractivity contribution in [3.63, 3.8) is 0 Å². The number of amides is 4. The van der Waals surface area contributed by atoms with E-state index in [2.05, 4.69) is 26.1 Å². The Morgan fingerprint density at radius 1 is 1.23 bits per heavy atom. The smallest absolute Gasteiger partial charge is 0.321 e. The van der Waals surface area contributed by atoms with E-state index in [1.807, 2.05) is 0 Å². The van der Waals surface area contributed by atoms with Crippen molar-refractivity contribution >= 4 is 41.0 Å². The molecule has 1 unspecified atom stereocenters. The van der Waals surface area contributed by atoms with Crippen molar-refractivity contribution in [3.8, 4) is 5.69 Å². The zero-order valence-corrected chi connectivity index (χ0v) is 18.8. The molecule has 0 saturated carbocycles. The fourth-order valence-electron chi connectivity index (χ4n) is 3.42. The highest BCUT2D eigenvalue weighted by Gasteiger charge is 2.27. The Morgan fingerprint density at radius 3 is 2.71 bits per heavy atom. The van der Waals surface area contributed by atoms with Crippen LogP contribution in [-0.4, -0.2) is 49.3 Å². The van der Waals surface area contributed by atoms with E-state index >= 15 is 0 Å². The second-order valence-electron chi connectivity index (χ2n) is 7.48. The van der Waals surface area contributed by atoms with Gasteiger partial charge in [-0.2, -0.15) is 0 Å². The van der Waals surface area contributed by atoms with Crippen molar-refractivity contribution in [2.75, 3.05) is 11.1 Å². The second kappa shape index (κ2) is 10.3. The highest BCUT2D eigenvalue weighted by atomic mass is 32.2. The number of carbonyl (C=O) groups excluding carboxylic acids is 3. The average Bonchev–Trinajstić information content (AvgIpc) is 3.20. The molecule has 12 nitrogen and oxygen atoms in total. The molecule has 1 fully saturated rings. The second-order valence-corrected chi connectivity index (χ2v) is 8.42. The van der Waals surface area contributed by atoms with Gasteiger partial charge in [0.05, 0.1) is 10.7 Å². The van der Waals surface area contributed by atoms with Crippen molar-refractivity contribution in [2.24, 2.45) is 0 Å². The number of nitrogens with one attached hydrogen (secondary N) is 3. The van der Waals surface area contributed by atoms with Crippen molar-refractivity contribution in [1.29, 1.82) is 0 Å². The number of imide groups is 1. The van der Waals surface area contributed by atoms with Crippen molar-refractivity contribution in [2.45, 2.75) is 24.0 Å². The zero-order chi connectivity index (χ0) is 24.9. The Morgan fingerprint density at radius 2 is 2.00 bits per heavy atom. The molecule has 1 aliphatic heterocycles. The monoisotopic (exact) mass is 499 g/mol. The van der Waals surface area contributed by atoms with Crippen molar-refractivity contribution < 1.29 is 23.7 Å². The minimum absolute atomic E-state index is 0.0517. The minimum atomic E-state index is -0.605. The summed E-state index contributed by atoms with van der Waals surface area (Å²) in [5, 5.41) is 26.9. The first-order valence-corrected chi connectivity index (χ1v) is 11.2. The van der Waals surface area contributed by atoms with E-state index in [9.17, 15) is 28.9 Å². The summed E-state index contributed by atoms with van der Waals surface area (Å²) >= 11 is 1.05. The summed E-state index contributed by atoms with van der Waals surface area (Å²) in [7, 11) is 0. The molecule has 0 bridgehead atoms. The highest BCUT2D eigenvalue weighted by Crippen LogP contribution is 2.24. The number of anilines is 1. The number of non-ortho nitro benzene ring substituents is 1. The van der Waals surface area contributed by atoms with Crippen LogP contribution in [0.25, 0.3) is 5.69 Å². The molecule has 1 saturated heterocycles. The molecule has 1 aliphatic rings. The summed E-state index contributed by atoms with van der Waals surface area (Å²) in [6, 6.07) is 9.98. The van der Waals surface area contributed by atoms with Crippen LogP contribution in [-0.2, 0) is 16.0 Å². The third-order valence-corrected chi connectivity index (χ3v) is 5.84. The molecule has 180 valence electrons. The molecule has 2 heterocycles. The first-order valence-electron chi connectivity index (χ1n) is 10.3. The topological polar surface area (TPSA) is 161 Å². The number of urea groups is 1. The molecular formula is C21H18FN7O5S. The molecule has 4 rings (SSSR count). The Hall–Kier alpha value is -4.33. The number of halogens is 1. The van der Waals surface area contributed by atoms with E-state index in [0.717, 1.165) is 11.8 Å². The lowest BCUT2D eigenvalue weighted by atomic mass is 10.1.